The van der Waals surface area contributed by atoms with Gasteiger partial charge in [-0.15, -0.1) is 0 Å². The average molecular weight is 262 g/mol. The minimum Gasteiger partial charge on any atom is -0.494 e. The van der Waals surface area contributed by atoms with Crippen LogP contribution >= 0.6 is 0 Å². The van der Waals surface area contributed by atoms with Gasteiger partial charge < -0.3 is 10.1 Å². The molecule has 0 radical (unpaired) electrons. The number of benzene rings is 1. The number of piperazine rings is 1. The summed E-state index contributed by atoms with van der Waals surface area (Å²) in [6, 6.07) is 9.16. The number of nitrogens with one attached hydrogen (secondary N) is 1. The summed E-state index contributed by atoms with van der Waals surface area (Å²) in [4.78, 5) is 2.59. The Kier molecular flexibility index (Phi) is 5.67. The van der Waals surface area contributed by atoms with E-state index in [0.717, 1.165) is 31.9 Å². The molecule has 1 aliphatic heterocycles. The van der Waals surface area contributed by atoms with Gasteiger partial charge in [-0.1, -0.05) is 12.1 Å². The van der Waals surface area contributed by atoms with Crippen LogP contribution in [0.15, 0.2) is 24.3 Å². The zero-order valence-corrected chi connectivity index (χ0v) is 12.2. The number of aryl methyl sites for hydroxylation is 1. The molecule has 1 unspecified atom stereocenters. The maximum atomic E-state index is 5.54. The fourth-order valence-corrected chi connectivity index (χ4v) is 2.66. The van der Waals surface area contributed by atoms with Crippen molar-refractivity contribution in [2.45, 2.75) is 32.7 Å². The summed E-state index contributed by atoms with van der Waals surface area (Å²) < 4.78 is 5.54. The Morgan fingerprint density at radius 2 is 2.32 bits per heavy atom. The van der Waals surface area contributed by atoms with E-state index in [-0.39, 0.29) is 0 Å². The van der Waals surface area contributed by atoms with Crippen molar-refractivity contribution >= 4 is 0 Å². The smallest absolute Gasteiger partial charge is 0.119 e. The van der Waals surface area contributed by atoms with Crippen molar-refractivity contribution in [2.24, 2.45) is 0 Å². The lowest BCUT2D eigenvalue weighted by atomic mass is 10.1. The molecule has 0 spiro atoms. The summed E-state index contributed by atoms with van der Waals surface area (Å²) in [5.74, 6) is 0.996. The maximum absolute atomic E-state index is 5.54. The topological polar surface area (TPSA) is 24.5 Å². The van der Waals surface area contributed by atoms with Crippen molar-refractivity contribution in [1.82, 2.24) is 10.2 Å². The van der Waals surface area contributed by atoms with Crippen molar-refractivity contribution in [2.75, 3.05) is 32.8 Å². The summed E-state index contributed by atoms with van der Waals surface area (Å²) >= 11 is 0. The highest BCUT2D eigenvalue weighted by molar-refractivity contribution is 5.28. The number of hydrogen-bond acceptors (Lipinski definition) is 3. The molecule has 3 nitrogen and oxygen atoms in total. The largest absolute Gasteiger partial charge is 0.494 e. The highest BCUT2D eigenvalue weighted by atomic mass is 16.5. The van der Waals surface area contributed by atoms with E-state index in [2.05, 4.69) is 35.3 Å². The predicted octanol–water partition coefficient (Wildman–Crippen LogP) is 2.31. The Hall–Kier alpha value is -1.06. The van der Waals surface area contributed by atoms with Gasteiger partial charge in [0.1, 0.15) is 5.75 Å². The molecule has 0 aliphatic carbocycles. The number of ether oxygens (including phenoxy) is 1. The molecule has 0 saturated carbocycles. The summed E-state index contributed by atoms with van der Waals surface area (Å²) in [6.45, 7) is 9.70. The van der Waals surface area contributed by atoms with Gasteiger partial charge in [-0.2, -0.15) is 0 Å². The summed E-state index contributed by atoms with van der Waals surface area (Å²) in [5.41, 5.74) is 1.38. The van der Waals surface area contributed by atoms with Crippen LogP contribution in [0.3, 0.4) is 0 Å². The molecule has 0 amide bonds. The lowest BCUT2D eigenvalue weighted by molar-refractivity contribution is 0.172. The lowest BCUT2D eigenvalue weighted by Gasteiger charge is -2.33. The van der Waals surface area contributed by atoms with Crippen LogP contribution in [0.25, 0.3) is 0 Å². The van der Waals surface area contributed by atoms with Crippen molar-refractivity contribution in [1.29, 1.82) is 0 Å². The summed E-state index contributed by atoms with van der Waals surface area (Å²) in [6.07, 6.45) is 2.36. The maximum Gasteiger partial charge on any atom is 0.119 e. The van der Waals surface area contributed by atoms with Crippen LogP contribution in [0.5, 0.6) is 5.75 Å². The fourth-order valence-electron chi connectivity index (χ4n) is 2.66. The molecular formula is C16H26N2O. The Morgan fingerprint density at radius 1 is 1.42 bits per heavy atom. The molecule has 1 N–H and O–H groups in total. The van der Waals surface area contributed by atoms with Crippen LogP contribution in [-0.2, 0) is 6.42 Å². The van der Waals surface area contributed by atoms with Gasteiger partial charge in [-0.05, 0) is 50.9 Å². The monoisotopic (exact) mass is 262 g/mol. The Labute approximate surface area is 116 Å². The molecule has 1 aromatic rings. The Bertz CT molecular complexity index is 381. The van der Waals surface area contributed by atoms with E-state index in [1.807, 2.05) is 13.0 Å². The first-order chi connectivity index (χ1) is 9.29. The average Bonchev–Trinajstić information content (AvgIpc) is 2.42. The molecule has 1 aromatic carbocycles. The van der Waals surface area contributed by atoms with E-state index >= 15 is 0 Å². The molecule has 2 rings (SSSR count). The predicted molar refractivity (Wildman–Crippen MR) is 79.8 cm³/mol. The first-order valence-electron chi connectivity index (χ1n) is 7.46. The number of nitrogens with zero attached hydrogens (tertiary/aromatic N) is 1. The number of hydrogen-bond donors (Lipinski definition) is 1. The molecule has 0 bridgehead atoms. The first-order valence-corrected chi connectivity index (χ1v) is 7.46. The first kappa shape index (κ1) is 14.4. The van der Waals surface area contributed by atoms with Crippen molar-refractivity contribution < 1.29 is 4.74 Å². The van der Waals surface area contributed by atoms with Crippen molar-refractivity contribution in [3.8, 4) is 5.75 Å². The van der Waals surface area contributed by atoms with E-state index in [1.54, 1.807) is 0 Å². The Balaban J connectivity index is 1.77. The van der Waals surface area contributed by atoms with Crippen molar-refractivity contribution in [3.63, 3.8) is 0 Å². The van der Waals surface area contributed by atoms with Crippen LogP contribution in [-0.4, -0.2) is 43.7 Å². The zero-order valence-electron chi connectivity index (χ0n) is 12.2. The summed E-state index contributed by atoms with van der Waals surface area (Å²) in [7, 11) is 0. The van der Waals surface area contributed by atoms with Gasteiger partial charge >= 0.3 is 0 Å². The molecule has 106 valence electrons. The third-order valence-corrected chi connectivity index (χ3v) is 3.76. The quantitative estimate of drug-likeness (QED) is 0.851. The van der Waals surface area contributed by atoms with E-state index in [0.29, 0.717) is 6.04 Å². The van der Waals surface area contributed by atoms with E-state index in [1.165, 1.54) is 25.1 Å². The summed E-state index contributed by atoms with van der Waals surface area (Å²) in [5, 5.41) is 3.44. The van der Waals surface area contributed by atoms with Crippen LogP contribution < -0.4 is 10.1 Å². The second-order valence-electron chi connectivity index (χ2n) is 5.27. The Morgan fingerprint density at radius 3 is 3.11 bits per heavy atom. The zero-order chi connectivity index (χ0) is 13.5. The molecule has 1 heterocycles. The van der Waals surface area contributed by atoms with Gasteiger partial charge in [0, 0.05) is 25.7 Å². The third-order valence-electron chi connectivity index (χ3n) is 3.76. The van der Waals surface area contributed by atoms with E-state index < -0.39 is 0 Å². The lowest BCUT2D eigenvalue weighted by Crippen LogP contribution is -2.49. The normalized spacial score (nSPS) is 20.4. The molecular weight excluding hydrogens is 236 g/mol. The SMILES string of the molecule is CCOc1cccc(CCCN2CCNCC2C)c1. The third kappa shape index (κ3) is 4.51. The van der Waals surface area contributed by atoms with Crippen molar-refractivity contribution in [3.05, 3.63) is 29.8 Å². The van der Waals surface area contributed by atoms with Gasteiger partial charge in [-0.25, -0.2) is 0 Å². The second kappa shape index (κ2) is 7.51. The fraction of sp³-hybridized carbons (Fsp3) is 0.625. The van der Waals surface area contributed by atoms with E-state index in [4.69, 9.17) is 4.74 Å². The van der Waals surface area contributed by atoms with Gasteiger partial charge in [0.25, 0.3) is 0 Å². The van der Waals surface area contributed by atoms with Crippen LogP contribution in [0.4, 0.5) is 0 Å². The molecule has 3 heteroatoms. The highest BCUT2D eigenvalue weighted by Crippen LogP contribution is 2.15. The molecule has 1 aliphatic rings. The highest BCUT2D eigenvalue weighted by Gasteiger charge is 2.16. The minimum atomic E-state index is 0.670. The van der Waals surface area contributed by atoms with Gasteiger partial charge in [0.2, 0.25) is 0 Å². The molecule has 1 fully saturated rings. The molecule has 0 aromatic heterocycles. The van der Waals surface area contributed by atoms with Gasteiger partial charge in [-0.3, -0.25) is 4.90 Å². The van der Waals surface area contributed by atoms with Crippen LogP contribution in [0.1, 0.15) is 25.8 Å². The van der Waals surface area contributed by atoms with Crippen LogP contribution in [0.2, 0.25) is 0 Å². The standard InChI is InChI=1S/C16H26N2O/c1-3-19-16-8-4-6-15(12-16)7-5-10-18-11-9-17-13-14(18)2/h4,6,8,12,14,17H,3,5,7,9-11,13H2,1-2H3. The van der Waals surface area contributed by atoms with E-state index in [9.17, 15) is 0 Å². The molecule has 19 heavy (non-hydrogen) atoms. The second-order valence-corrected chi connectivity index (χ2v) is 5.27. The number of rotatable bonds is 6. The molecule has 1 atom stereocenters. The van der Waals surface area contributed by atoms with Gasteiger partial charge in [0.05, 0.1) is 6.61 Å². The van der Waals surface area contributed by atoms with Crippen LogP contribution in [0, 0.1) is 0 Å². The minimum absolute atomic E-state index is 0.670. The molecule has 1 saturated heterocycles. The van der Waals surface area contributed by atoms with Gasteiger partial charge in [0.15, 0.2) is 0 Å².